The van der Waals surface area contributed by atoms with Crippen LogP contribution in [0, 0.1) is 12.7 Å². The van der Waals surface area contributed by atoms with Crippen molar-refractivity contribution in [3.05, 3.63) is 70.5 Å². The summed E-state index contributed by atoms with van der Waals surface area (Å²) >= 11 is 6.10. The number of carbonyl (C=O) groups is 1. The predicted octanol–water partition coefficient (Wildman–Crippen LogP) is 4.15. The van der Waals surface area contributed by atoms with Gasteiger partial charge in [-0.1, -0.05) is 29.8 Å². The highest BCUT2D eigenvalue weighted by atomic mass is 35.5. The van der Waals surface area contributed by atoms with Gasteiger partial charge in [0.15, 0.2) is 0 Å². The maximum atomic E-state index is 12.9. The molecule has 3 rings (SSSR count). The molecule has 1 aliphatic heterocycles. The topological polar surface area (TPSA) is 23.6 Å². The molecule has 130 valence electrons. The zero-order chi connectivity index (χ0) is 17.8. The van der Waals surface area contributed by atoms with Crippen LogP contribution in [-0.4, -0.2) is 37.0 Å². The Morgan fingerprint density at radius 1 is 1.08 bits per heavy atom. The lowest BCUT2D eigenvalue weighted by Gasteiger charge is -2.36. The van der Waals surface area contributed by atoms with Crippen LogP contribution in [0.4, 0.5) is 10.1 Å². The zero-order valence-electron chi connectivity index (χ0n) is 14.1. The summed E-state index contributed by atoms with van der Waals surface area (Å²) in [5.74, 6) is -0.303. The second-order valence-electron chi connectivity index (χ2n) is 6.13. The minimum absolute atomic E-state index is 0.0215. The summed E-state index contributed by atoms with van der Waals surface area (Å²) in [6.07, 6.45) is 3.27. The summed E-state index contributed by atoms with van der Waals surface area (Å²) < 4.78 is 12.9. The van der Waals surface area contributed by atoms with Crippen molar-refractivity contribution >= 4 is 29.3 Å². The van der Waals surface area contributed by atoms with Crippen LogP contribution in [0.1, 0.15) is 11.1 Å². The van der Waals surface area contributed by atoms with E-state index in [1.807, 2.05) is 23.1 Å². The molecule has 0 aliphatic carbocycles. The molecule has 0 bridgehead atoms. The Kier molecular flexibility index (Phi) is 5.39. The van der Waals surface area contributed by atoms with Crippen molar-refractivity contribution in [3.63, 3.8) is 0 Å². The van der Waals surface area contributed by atoms with E-state index in [1.54, 1.807) is 24.3 Å². The van der Waals surface area contributed by atoms with Gasteiger partial charge in [0.2, 0.25) is 5.91 Å². The Hall–Kier alpha value is -2.33. The molecule has 0 saturated carbocycles. The smallest absolute Gasteiger partial charge is 0.246 e. The largest absolute Gasteiger partial charge is 0.368 e. The summed E-state index contributed by atoms with van der Waals surface area (Å²) in [4.78, 5) is 16.4. The van der Waals surface area contributed by atoms with Gasteiger partial charge < -0.3 is 9.80 Å². The van der Waals surface area contributed by atoms with Crippen molar-refractivity contribution in [2.75, 3.05) is 31.1 Å². The summed E-state index contributed by atoms with van der Waals surface area (Å²) in [5.41, 5.74) is 3.12. The third-order valence-corrected chi connectivity index (χ3v) is 4.63. The molecule has 1 saturated heterocycles. The summed E-state index contributed by atoms with van der Waals surface area (Å²) in [6.45, 7) is 4.94. The summed E-state index contributed by atoms with van der Waals surface area (Å²) in [7, 11) is 0. The molecule has 1 fully saturated rings. The fraction of sp³-hybridized carbons (Fsp3) is 0.250. The van der Waals surface area contributed by atoms with Crippen LogP contribution in [0.3, 0.4) is 0 Å². The van der Waals surface area contributed by atoms with Gasteiger partial charge in [-0.05, 0) is 48.4 Å². The molecular weight excluding hydrogens is 339 g/mol. The van der Waals surface area contributed by atoms with Crippen LogP contribution < -0.4 is 4.90 Å². The quantitative estimate of drug-likeness (QED) is 0.769. The van der Waals surface area contributed by atoms with Gasteiger partial charge in [0.1, 0.15) is 5.82 Å². The number of hydrogen-bond acceptors (Lipinski definition) is 2. The number of halogens is 2. The molecule has 0 aromatic heterocycles. The van der Waals surface area contributed by atoms with E-state index in [2.05, 4.69) is 11.8 Å². The van der Waals surface area contributed by atoms with Crippen molar-refractivity contribution in [1.29, 1.82) is 0 Å². The van der Waals surface area contributed by atoms with Crippen LogP contribution in [0.5, 0.6) is 0 Å². The SMILES string of the molecule is Cc1ccc(Cl)cc1N1CCN(C(=O)C=Cc2ccc(F)cc2)CC1. The van der Waals surface area contributed by atoms with Crippen molar-refractivity contribution in [1.82, 2.24) is 4.90 Å². The average molecular weight is 359 g/mol. The fourth-order valence-corrected chi connectivity index (χ4v) is 3.10. The van der Waals surface area contributed by atoms with Gasteiger partial charge in [-0.25, -0.2) is 4.39 Å². The highest BCUT2D eigenvalue weighted by Gasteiger charge is 2.20. The van der Waals surface area contributed by atoms with E-state index in [0.29, 0.717) is 13.1 Å². The lowest BCUT2D eigenvalue weighted by Crippen LogP contribution is -2.48. The van der Waals surface area contributed by atoms with E-state index >= 15 is 0 Å². The van der Waals surface area contributed by atoms with Gasteiger partial charge in [0.25, 0.3) is 0 Å². The molecule has 0 atom stereocenters. The molecule has 1 amide bonds. The standard InChI is InChI=1S/C20H20ClFN2O/c1-15-2-6-17(21)14-19(15)23-10-12-24(13-11-23)20(25)9-5-16-3-7-18(22)8-4-16/h2-9,14H,10-13H2,1H3. The van der Waals surface area contributed by atoms with Crippen LogP contribution >= 0.6 is 11.6 Å². The normalized spacial score (nSPS) is 15.0. The summed E-state index contributed by atoms with van der Waals surface area (Å²) in [6, 6.07) is 12.0. The Morgan fingerprint density at radius 3 is 2.44 bits per heavy atom. The van der Waals surface area contributed by atoms with E-state index in [0.717, 1.165) is 29.4 Å². The number of hydrogen-bond donors (Lipinski definition) is 0. The maximum absolute atomic E-state index is 12.9. The average Bonchev–Trinajstić information content (AvgIpc) is 2.63. The lowest BCUT2D eigenvalue weighted by molar-refractivity contribution is -0.126. The predicted molar refractivity (Wildman–Crippen MR) is 100 cm³/mol. The van der Waals surface area contributed by atoms with Crippen LogP contribution in [0.2, 0.25) is 5.02 Å². The first-order valence-electron chi connectivity index (χ1n) is 8.26. The highest BCUT2D eigenvalue weighted by Crippen LogP contribution is 2.25. The maximum Gasteiger partial charge on any atom is 0.246 e. The second-order valence-corrected chi connectivity index (χ2v) is 6.56. The molecule has 0 spiro atoms. The number of carbonyl (C=O) groups excluding carboxylic acids is 1. The first kappa shape index (κ1) is 17.5. The molecule has 3 nitrogen and oxygen atoms in total. The van der Waals surface area contributed by atoms with Crippen LogP contribution in [-0.2, 0) is 4.79 Å². The Morgan fingerprint density at radius 2 is 1.76 bits per heavy atom. The molecule has 1 aliphatic rings. The molecule has 25 heavy (non-hydrogen) atoms. The zero-order valence-corrected chi connectivity index (χ0v) is 14.8. The van der Waals surface area contributed by atoms with Crippen molar-refractivity contribution in [3.8, 4) is 0 Å². The molecular formula is C20H20ClFN2O. The third kappa shape index (κ3) is 4.40. The molecule has 1 heterocycles. The Balaban J connectivity index is 1.59. The minimum Gasteiger partial charge on any atom is -0.368 e. The number of anilines is 1. The number of amides is 1. The first-order valence-corrected chi connectivity index (χ1v) is 8.64. The Labute approximate surface area is 152 Å². The molecule has 5 heteroatoms. The summed E-state index contributed by atoms with van der Waals surface area (Å²) in [5, 5.41) is 0.723. The highest BCUT2D eigenvalue weighted by molar-refractivity contribution is 6.30. The van der Waals surface area contributed by atoms with Crippen molar-refractivity contribution in [2.45, 2.75) is 6.92 Å². The minimum atomic E-state index is -0.282. The van der Waals surface area contributed by atoms with E-state index < -0.39 is 0 Å². The van der Waals surface area contributed by atoms with Gasteiger partial charge in [0.05, 0.1) is 0 Å². The lowest BCUT2D eigenvalue weighted by atomic mass is 10.1. The number of benzene rings is 2. The molecule has 0 N–H and O–H groups in total. The molecule has 2 aromatic carbocycles. The van der Waals surface area contributed by atoms with Crippen molar-refractivity contribution in [2.24, 2.45) is 0 Å². The van der Waals surface area contributed by atoms with E-state index in [1.165, 1.54) is 17.7 Å². The van der Waals surface area contributed by atoms with Crippen molar-refractivity contribution < 1.29 is 9.18 Å². The van der Waals surface area contributed by atoms with E-state index in [4.69, 9.17) is 11.6 Å². The van der Waals surface area contributed by atoms with Gasteiger partial charge in [-0.15, -0.1) is 0 Å². The fourth-order valence-electron chi connectivity index (χ4n) is 2.94. The van der Waals surface area contributed by atoms with E-state index in [9.17, 15) is 9.18 Å². The van der Waals surface area contributed by atoms with Crippen LogP contribution in [0.25, 0.3) is 6.08 Å². The second kappa shape index (κ2) is 7.70. The van der Waals surface area contributed by atoms with Gasteiger partial charge >= 0.3 is 0 Å². The first-order chi connectivity index (χ1) is 12.0. The number of rotatable bonds is 3. The third-order valence-electron chi connectivity index (χ3n) is 4.39. The molecule has 2 aromatic rings. The molecule has 0 unspecified atom stereocenters. The number of nitrogens with zero attached hydrogens (tertiary/aromatic N) is 2. The monoisotopic (exact) mass is 358 g/mol. The van der Waals surface area contributed by atoms with E-state index in [-0.39, 0.29) is 11.7 Å². The van der Waals surface area contributed by atoms with Gasteiger partial charge in [0, 0.05) is 43.0 Å². The number of piperazine rings is 1. The van der Waals surface area contributed by atoms with Gasteiger partial charge in [-0.2, -0.15) is 0 Å². The number of aryl methyl sites for hydroxylation is 1. The molecule has 0 radical (unpaired) electrons. The van der Waals surface area contributed by atoms with Crippen LogP contribution in [0.15, 0.2) is 48.5 Å². The Bertz CT molecular complexity index is 781. The van der Waals surface area contributed by atoms with Gasteiger partial charge in [-0.3, -0.25) is 4.79 Å².